The molecular weight excluding hydrogens is 251 g/mol. The summed E-state index contributed by atoms with van der Waals surface area (Å²) in [5.74, 6) is -0.368. The Bertz CT molecular complexity index is 448. The van der Waals surface area contributed by atoms with E-state index < -0.39 is 4.92 Å². The Morgan fingerprint density at radius 2 is 2.11 bits per heavy atom. The lowest BCUT2D eigenvalue weighted by Gasteiger charge is -2.26. The molecule has 0 spiro atoms. The van der Waals surface area contributed by atoms with E-state index in [9.17, 15) is 14.5 Å². The number of nitro benzene ring substituents is 1. The molecule has 5 nitrogen and oxygen atoms in total. The summed E-state index contributed by atoms with van der Waals surface area (Å²) in [6.07, 6.45) is 1.31. The van der Waals surface area contributed by atoms with Crippen molar-refractivity contribution in [2.75, 3.05) is 32.8 Å². The summed E-state index contributed by atoms with van der Waals surface area (Å²) in [6.45, 7) is 4.15. The Kier molecular flexibility index (Phi) is 4.81. The van der Waals surface area contributed by atoms with E-state index in [0.717, 1.165) is 39.3 Å². The highest BCUT2D eigenvalue weighted by Gasteiger charge is 2.12. The number of hydrogen-bond acceptors (Lipinski definition) is 4. The number of ether oxygens (including phenoxy) is 1. The van der Waals surface area contributed by atoms with Gasteiger partial charge in [0, 0.05) is 25.2 Å². The third kappa shape index (κ3) is 3.97. The summed E-state index contributed by atoms with van der Waals surface area (Å²) < 4.78 is 18.8. The van der Waals surface area contributed by atoms with Crippen molar-refractivity contribution in [3.05, 3.63) is 39.7 Å². The first-order valence-corrected chi connectivity index (χ1v) is 6.40. The van der Waals surface area contributed by atoms with Crippen molar-refractivity contribution >= 4 is 5.69 Å². The smallest absolute Gasteiger partial charge is 0.269 e. The summed E-state index contributed by atoms with van der Waals surface area (Å²) in [5, 5.41) is 10.6. The molecule has 19 heavy (non-hydrogen) atoms. The summed E-state index contributed by atoms with van der Waals surface area (Å²) in [7, 11) is 0. The molecule has 2 rings (SSSR count). The van der Waals surface area contributed by atoms with Gasteiger partial charge >= 0.3 is 0 Å². The quantitative estimate of drug-likeness (QED) is 0.605. The van der Waals surface area contributed by atoms with Crippen molar-refractivity contribution in [1.29, 1.82) is 0 Å². The first kappa shape index (κ1) is 13.9. The van der Waals surface area contributed by atoms with Crippen molar-refractivity contribution in [3.63, 3.8) is 0 Å². The van der Waals surface area contributed by atoms with Gasteiger partial charge in [-0.15, -0.1) is 0 Å². The Hall–Kier alpha value is -1.53. The van der Waals surface area contributed by atoms with E-state index in [1.54, 1.807) is 0 Å². The molecule has 1 aromatic rings. The Morgan fingerprint density at radius 1 is 1.37 bits per heavy atom. The van der Waals surface area contributed by atoms with Crippen LogP contribution in [0.1, 0.15) is 12.0 Å². The highest BCUT2D eigenvalue weighted by atomic mass is 19.1. The Morgan fingerprint density at radius 3 is 2.79 bits per heavy atom. The van der Waals surface area contributed by atoms with Gasteiger partial charge in [0.05, 0.1) is 18.1 Å². The first-order chi connectivity index (χ1) is 9.16. The number of morpholine rings is 1. The normalized spacial score (nSPS) is 16.5. The van der Waals surface area contributed by atoms with Crippen LogP contribution in [0.4, 0.5) is 10.1 Å². The van der Waals surface area contributed by atoms with Crippen LogP contribution in [0.5, 0.6) is 0 Å². The highest BCUT2D eigenvalue weighted by molar-refractivity contribution is 5.35. The molecule has 1 fully saturated rings. The number of nitrogens with zero attached hydrogens (tertiary/aromatic N) is 2. The predicted octanol–water partition coefficient (Wildman–Crippen LogP) is 2.00. The van der Waals surface area contributed by atoms with Gasteiger partial charge < -0.3 is 4.74 Å². The lowest BCUT2D eigenvalue weighted by atomic mass is 10.1. The summed E-state index contributed by atoms with van der Waals surface area (Å²) in [6, 6.07) is 3.69. The maximum absolute atomic E-state index is 13.5. The lowest BCUT2D eigenvalue weighted by molar-refractivity contribution is -0.385. The Balaban J connectivity index is 1.87. The second kappa shape index (κ2) is 6.58. The molecule has 104 valence electrons. The van der Waals surface area contributed by atoms with E-state index in [2.05, 4.69) is 4.90 Å². The zero-order chi connectivity index (χ0) is 13.7. The van der Waals surface area contributed by atoms with Gasteiger partial charge in [-0.2, -0.15) is 0 Å². The third-order valence-corrected chi connectivity index (χ3v) is 3.26. The minimum atomic E-state index is -0.495. The van der Waals surface area contributed by atoms with Crippen molar-refractivity contribution in [1.82, 2.24) is 4.90 Å². The van der Waals surface area contributed by atoms with Crippen LogP contribution in [0.2, 0.25) is 0 Å². The molecule has 0 bridgehead atoms. The molecule has 1 heterocycles. The molecule has 0 radical (unpaired) electrons. The summed E-state index contributed by atoms with van der Waals surface area (Å²) in [4.78, 5) is 12.4. The molecule has 0 atom stereocenters. The van der Waals surface area contributed by atoms with Gasteiger partial charge in [0.15, 0.2) is 0 Å². The number of nitro groups is 1. The first-order valence-electron chi connectivity index (χ1n) is 6.40. The largest absolute Gasteiger partial charge is 0.379 e. The monoisotopic (exact) mass is 268 g/mol. The van der Waals surface area contributed by atoms with Crippen LogP contribution < -0.4 is 0 Å². The molecule has 1 saturated heterocycles. The zero-order valence-electron chi connectivity index (χ0n) is 10.7. The van der Waals surface area contributed by atoms with E-state index in [1.165, 1.54) is 18.2 Å². The van der Waals surface area contributed by atoms with Crippen LogP contribution in [-0.4, -0.2) is 42.7 Å². The fraction of sp³-hybridized carbons (Fsp3) is 0.538. The molecule has 0 N–H and O–H groups in total. The number of non-ortho nitro benzene ring substituents is 1. The fourth-order valence-corrected chi connectivity index (χ4v) is 2.18. The van der Waals surface area contributed by atoms with Gasteiger partial charge in [-0.1, -0.05) is 0 Å². The zero-order valence-corrected chi connectivity index (χ0v) is 10.7. The second-order valence-corrected chi connectivity index (χ2v) is 4.59. The summed E-state index contributed by atoms with van der Waals surface area (Å²) in [5.41, 5.74) is 0.366. The van der Waals surface area contributed by atoms with Crippen molar-refractivity contribution in [3.8, 4) is 0 Å². The van der Waals surface area contributed by atoms with Crippen LogP contribution >= 0.6 is 0 Å². The van der Waals surface area contributed by atoms with Gasteiger partial charge in [0.1, 0.15) is 5.82 Å². The van der Waals surface area contributed by atoms with Gasteiger partial charge in [-0.05, 0) is 31.0 Å². The van der Waals surface area contributed by atoms with E-state index in [0.29, 0.717) is 12.0 Å². The predicted molar refractivity (Wildman–Crippen MR) is 68.6 cm³/mol. The SMILES string of the molecule is O=[N+]([O-])c1ccc(F)c(CCCN2CCOCC2)c1. The number of aryl methyl sites for hydroxylation is 1. The minimum Gasteiger partial charge on any atom is -0.379 e. The van der Waals surface area contributed by atoms with Crippen LogP contribution in [0.15, 0.2) is 18.2 Å². The van der Waals surface area contributed by atoms with Crippen molar-refractivity contribution in [2.24, 2.45) is 0 Å². The summed E-state index contributed by atoms with van der Waals surface area (Å²) >= 11 is 0. The Labute approximate surface area is 111 Å². The standard InChI is InChI=1S/C13H17FN2O3/c14-13-4-3-12(16(17)18)10-11(13)2-1-5-15-6-8-19-9-7-15/h3-4,10H,1-2,5-9H2. The average Bonchev–Trinajstić information content (AvgIpc) is 2.42. The maximum Gasteiger partial charge on any atom is 0.269 e. The van der Waals surface area contributed by atoms with Gasteiger partial charge in [0.25, 0.3) is 5.69 Å². The molecule has 1 aromatic carbocycles. The van der Waals surface area contributed by atoms with E-state index in [-0.39, 0.29) is 11.5 Å². The van der Waals surface area contributed by atoms with E-state index in [4.69, 9.17) is 4.74 Å². The highest BCUT2D eigenvalue weighted by Crippen LogP contribution is 2.18. The van der Waals surface area contributed by atoms with E-state index >= 15 is 0 Å². The molecule has 1 aliphatic heterocycles. The van der Waals surface area contributed by atoms with Crippen LogP contribution in [0.3, 0.4) is 0 Å². The van der Waals surface area contributed by atoms with Crippen LogP contribution in [0, 0.1) is 15.9 Å². The van der Waals surface area contributed by atoms with Crippen LogP contribution in [0.25, 0.3) is 0 Å². The molecule has 1 aliphatic rings. The molecule has 0 aliphatic carbocycles. The third-order valence-electron chi connectivity index (χ3n) is 3.26. The van der Waals surface area contributed by atoms with Crippen molar-refractivity contribution in [2.45, 2.75) is 12.8 Å². The topological polar surface area (TPSA) is 55.6 Å². The minimum absolute atomic E-state index is 0.0530. The number of hydrogen-bond donors (Lipinski definition) is 0. The lowest BCUT2D eigenvalue weighted by Crippen LogP contribution is -2.36. The molecular formula is C13H17FN2O3. The molecule has 6 heteroatoms. The second-order valence-electron chi connectivity index (χ2n) is 4.59. The molecule has 0 amide bonds. The van der Waals surface area contributed by atoms with Gasteiger partial charge in [0.2, 0.25) is 0 Å². The molecule has 0 aromatic heterocycles. The van der Waals surface area contributed by atoms with Crippen LogP contribution in [-0.2, 0) is 11.2 Å². The van der Waals surface area contributed by atoms with Gasteiger partial charge in [-0.25, -0.2) is 4.39 Å². The average molecular weight is 268 g/mol. The molecule has 0 saturated carbocycles. The number of benzene rings is 1. The number of rotatable bonds is 5. The van der Waals surface area contributed by atoms with Crippen molar-refractivity contribution < 1.29 is 14.1 Å². The van der Waals surface area contributed by atoms with E-state index in [1.807, 2.05) is 0 Å². The maximum atomic E-state index is 13.5. The fourth-order valence-electron chi connectivity index (χ4n) is 2.18. The number of halogens is 1. The van der Waals surface area contributed by atoms with Gasteiger partial charge in [-0.3, -0.25) is 15.0 Å². The molecule has 0 unspecified atom stereocenters.